The maximum absolute atomic E-state index is 12.3. The van der Waals surface area contributed by atoms with Gasteiger partial charge in [-0.2, -0.15) is 21.0 Å². The van der Waals surface area contributed by atoms with Crippen LogP contribution in [0.1, 0.15) is 143 Å². The molecule has 0 bridgehead atoms. The third kappa shape index (κ3) is 14.1. The summed E-state index contributed by atoms with van der Waals surface area (Å²) in [6.45, 7) is 0.536. The topological polar surface area (TPSA) is 407 Å². The molecule has 4 aliphatic heterocycles. The molecule has 4 aliphatic carbocycles. The van der Waals surface area contributed by atoms with E-state index in [1.165, 1.54) is 30.9 Å². The van der Waals surface area contributed by atoms with E-state index in [0.717, 1.165) is 22.3 Å². The van der Waals surface area contributed by atoms with Crippen molar-refractivity contribution in [2.75, 3.05) is 33.8 Å². The average Bonchev–Trinajstić information content (AvgIpc) is 1.52. The standard InChI is InChI=1S/2C25H22ClN3O3.C24H19ClN2O4.C24H17ClN2O4.4CH4/c2*1-28-14-19-21(16-5-3-2-4-6-16)25(17-9-7-15(12-27)8-10-17)24(31,23(19)30)22-20(32-25)11-18(26)13-29-22;2*25-17-10-19-21(27-12-17)23(30)22(29)18(13-28)20(15-4-2-1-3-5-15)24(23,31-19)16-8-6-14(11-26)7-9-16;;;;/h2*2-11,13,19,21,23,28,30-31H,14H2,1H3;1-10,12,18,20,22,28-30H,13H2;1-10,12-13,18,20,22,29-30H;4*1H4/t2*19-,21-,23-,24+,25+;2*18-,20-,22-,23+,24+;;;;/m1111..../s1. The Labute approximate surface area is 773 Å². The van der Waals surface area contributed by atoms with Crippen LogP contribution in [-0.4, -0.2) is 130 Å². The van der Waals surface area contributed by atoms with Crippen LogP contribution in [0.25, 0.3) is 0 Å². The summed E-state index contributed by atoms with van der Waals surface area (Å²) in [5.41, 5.74) is -5.00. The Morgan fingerprint density at radius 1 is 0.354 bits per heavy atom. The Balaban J connectivity index is 0.000000146. The zero-order valence-electron chi connectivity index (χ0n) is 67.2. The molecule has 20 atom stereocenters. The number of rotatable bonds is 14. The first kappa shape index (κ1) is 95.5. The van der Waals surface area contributed by atoms with Crippen molar-refractivity contribution >= 4 is 52.7 Å². The molecule has 666 valence electrons. The number of hydrogen-bond acceptors (Lipinski definition) is 24. The van der Waals surface area contributed by atoms with Crippen molar-refractivity contribution < 1.29 is 69.7 Å². The van der Waals surface area contributed by atoms with E-state index in [1.807, 2.05) is 135 Å². The van der Waals surface area contributed by atoms with E-state index in [4.69, 9.17) is 65.4 Å². The first-order valence-corrected chi connectivity index (χ1v) is 42.0. The SMILES string of the molecule is C.C.C.C.CNC[C@H]1[C@@H](O)[C@@]2(O)c3ncc(Cl)cc3O[C@@]2(c2ccc(C#N)cc2)[C@@H]1c1ccccc1.CNC[C@H]1[C@@H](O)[C@@]2(O)c3ncc(Cl)cc3O[C@@]2(c2ccc(C#N)cc2)[C@@H]1c1ccccc1.N#Cc1ccc([C@@]23Oc4cc(Cl)cnc4[C@]2(O)[C@H](O)[C@H](C=O)[C@H]3c2ccccc2)cc1.N#Cc1ccc([C@@]23Oc4cc(Cl)cnc4[C@]2(O)[C@H](O)[C@H](CO)[C@H]3c2ccccc2)cc1. The van der Waals surface area contributed by atoms with E-state index in [-0.39, 0.29) is 82.4 Å². The number of halogens is 4. The molecule has 28 heteroatoms. The maximum Gasteiger partial charge on any atom is 0.181 e. The molecule has 8 aliphatic rings. The van der Waals surface area contributed by atoms with Gasteiger partial charge in [0.15, 0.2) is 44.8 Å². The van der Waals surface area contributed by atoms with Crippen molar-refractivity contribution in [1.82, 2.24) is 30.6 Å². The first-order valence-electron chi connectivity index (χ1n) is 40.5. The van der Waals surface area contributed by atoms with Crippen LogP contribution in [0.3, 0.4) is 0 Å². The van der Waals surface area contributed by atoms with Gasteiger partial charge < -0.3 is 80.3 Å². The van der Waals surface area contributed by atoms with Crippen molar-refractivity contribution in [2.24, 2.45) is 23.7 Å². The Morgan fingerprint density at radius 2 is 0.577 bits per heavy atom. The number of aldehydes is 1. The quantitative estimate of drug-likeness (QED) is 0.0450. The maximum atomic E-state index is 12.3. The fourth-order valence-electron chi connectivity index (χ4n) is 21.4. The van der Waals surface area contributed by atoms with E-state index in [9.17, 15) is 71.8 Å². The number of aliphatic hydroxyl groups is 9. The molecule has 4 aromatic heterocycles. The highest BCUT2D eigenvalue weighted by Crippen LogP contribution is 2.73. The van der Waals surface area contributed by atoms with Crippen LogP contribution in [0.5, 0.6) is 23.0 Å². The molecule has 8 heterocycles. The minimum atomic E-state index is -2.02. The molecule has 0 saturated heterocycles. The molecule has 0 radical (unpaired) electrons. The summed E-state index contributed by atoms with van der Waals surface area (Å²) in [5, 5.41) is 150. The number of fused-ring (bicyclic) bond motifs is 12. The van der Waals surface area contributed by atoms with Gasteiger partial charge >= 0.3 is 0 Å². The van der Waals surface area contributed by atoms with E-state index in [1.54, 1.807) is 115 Å². The van der Waals surface area contributed by atoms with Crippen molar-refractivity contribution in [3.8, 4) is 47.3 Å². The van der Waals surface area contributed by atoms with E-state index < -0.39 is 105 Å². The van der Waals surface area contributed by atoms with Crippen molar-refractivity contribution in [3.05, 3.63) is 377 Å². The molecule has 20 rings (SSSR count). The number of hydrogen-bond donors (Lipinski definition) is 11. The lowest BCUT2D eigenvalue weighted by atomic mass is 9.71. The van der Waals surface area contributed by atoms with Gasteiger partial charge in [-0.1, -0.05) is 246 Å². The highest BCUT2D eigenvalue weighted by Gasteiger charge is 2.81. The van der Waals surface area contributed by atoms with Crippen LogP contribution >= 0.6 is 46.4 Å². The lowest BCUT2D eigenvalue weighted by molar-refractivity contribution is -0.154. The number of benzene rings is 8. The summed E-state index contributed by atoms with van der Waals surface area (Å²) in [6, 6.07) is 79.9. The Kier molecular flexibility index (Phi) is 27.2. The van der Waals surface area contributed by atoms with Crippen LogP contribution in [0.4, 0.5) is 0 Å². The Hall–Kier alpha value is -12.1. The second-order valence-electron chi connectivity index (χ2n) is 32.5. The van der Waals surface area contributed by atoms with E-state index in [2.05, 4.69) is 54.8 Å². The highest BCUT2D eigenvalue weighted by atomic mass is 35.5. The zero-order valence-corrected chi connectivity index (χ0v) is 70.2. The summed E-state index contributed by atoms with van der Waals surface area (Å²) in [6.07, 6.45) is 1.12. The van der Waals surface area contributed by atoms with Gasteiger partial charge in [0.25, 0.3) is 0 Å². The zero-order chi connectivity index (χ0) is 88.6. The van der Waals surface area contributed by atoms with Gasteiger partial charge in [0.1, 0.15) is 58.2 Å². The normalized spacial score (nSPS) is 29.6. The smallest absolute Gasteiger partial charge is 0.181 e. The van der Waals surface area contributed by atoms with Crippen LogP contribution in [-0.2, 0) is 49.6 Å². The van der Waals surface area contributed by atoms with Crippen molar-refractivity contribution in [1.29, 1.82) is 21.0 Å². The molecule has 24 nitrogen and oxygen atoms in total. The summed E-state index contributed by atoms with van der Waals surface area (Å²) >= 11 is 24.6. The predicted octanol–water partition coefficient (Wildman–Crippen LogP) is 14.6. The number of aromatic nitrogens is 4. The molecule has 4 fully saturated rings. The van der Waals surface area contributed by atoms with Gasteiger partial charge in [-0.25, -0.2) is 0 Å². The summed E-state index contributed by atoms with van der Waals surface area (Å²) in [5.74, 6) is -3.44. The summed E-state index contributed by atoms with van der Waals surface area (Å²) < 4.78 is 26.1. The number of carbonyl (C=O) groups excluding carboxylic acids is 1. The summed E-state index contributed by atoms with van der Waals surface area (Å²) in [4.78, 5) is 29.6. The molecule has 4 saturated carbocycles. The highest BCUT2D eigenvalue weighted by molar-refractivity contribution is 6.31. The third-order valence-electron chi connectivity index (χ3n) is 26.4. The first-order chi connectivity index (χ1) is 60.9. The van der Waals surface area contributed by atoms with Crippen molar-refractivity contribution in [3.63, 3.8) is 0 Å². The van der Waals surface area contributed by atoms with Crippen LogP contribution in [0.2, 0.25) is 20.1 Å². The fraction of sp³-hybridized carbons (Fsp3) is 0.284. The van der Waals surface area contributed by atoms with Gasteiger partial charge in [-0.05, 0) is 107 Å². The molecular weight excluding hydrogens is 1730 g/mol. The average molecular weight is 1830 g/mol. The summed E-state index contributed by atoms with van der Waals surface area (Å²) in [7, 11) is 3.63. The van der Waals surface area contributed by atoms with Gasteiger partial charge in [-0.3, -0.25) is 19.9 Å². The third-order valence-corrected chi connectivity index (χ3v) is 27.3. The van der Waals surface area contributed by atoms with Crippen LogP contribution < -0.4 is 29.6 Å². The second kappa shape index (κ2) is 37.0. The van der Waals surface area contributed by atoms with Gasteiger partial charge in [0, 0.05) is 110 Å². The number of nitrogens with zero attached hydrogens (tertiary/aromatic N) is 8. The monoisotopic (exact) mass is 1820 g/mol. The molecule has 0 amide bonds. The lowest BCUT2D eigenvalue weighted by Crippen LogP contribution is -2.52. The minimum Gasteiger partial charge on any atom is -0.476 e. The predicted molar refractivity (Wildman–Crippen MR) is 489 cm³/mol. The molecular formula is C102H96Cl4N10O14. The molecule has 8 aromatic carbocycles. The fourth-order valence-corrected chi connectivity index (χ4v) is 22.0. The van der Waals surface area contributed by atoms with E-state index >= 15 is 0 Å². The molecule has 0 spiro atoms. The van der Waals surface area contributed by atoms with Crippen LogP contribution in [0, 0.1) is 69.0 Å². The second-order valence-corrected chi connectivity index (χ2v) is 34.3. The molecule has 12 aromatic rings. The van der Waals surface area contributed by atoms with Gasteiger partial charge in [-0.15, -0.1) is 0 Å². The van der Waals surface area contributed by atoms with Gasteiger partial charge in [0.2, 0.25) is 0 Å². The molecule has 0 unspecified atom stereocenters. The number of pyridine rings is 4. The Morgan fingerprint density at radius 3 is 0.808 bits per heavy atom. The molecule has 130 heavy (non-hydrogen) atoms. The van der Waals surface area contributed by atoms with E-state index in [0.29, 0.717) is 95.5 Å². The Bertz CT molecular complexity index is 6120. The lowest BCUT2D eigenvalue weighted by Gasteiger charge is -2.40. The molecule has 11 N–H and O–H groups in total. The van der Waals surface area contributed by atoms with Crippen LogP contribution in [0.15, 0.2) is 267 Å². The minimum absolute atomic E-state index is 0. The number of carbonyl (C=O) groups is 1. The number of aliphatic hydroxyl groups excluding tert-OH is 5. The number of nitrogens with one attached hydrogen (secondary N) is 2. The van der Waals surface area contributed by atoms with Crippen molar-refractivity contribution in [2.45, 2.75) is 123 Å². The largest absolute Gasteiger partial charge is 0.476 e. The van der Waals surface area contributed by atoms with Gasteiger partial charge in [0.05, 0.1) is 90.9 Å². The number of ether oxygens (including phenoxy) is 4. The number of nitriles is 4.